The molecule has 3 heterocycles. The van der Waals surface area contributed by atoms with Crippen LogP contribution in [-0.2, 0) is 0 Å². The normalized spacial score (nSPS) is 12.3. The molecule has 0 bridgehead atoms. The fourth-order valence-corrected chi connectivity index (χ4v) is 2.49. The van der Waals surface area contributed by atoms with Crippen molar-refractivity contribution in [3.8, 4) is 0 Å². The molecular weight excluding hydrogens is 300 g/mol. The zero-order valence-corrected chi connectivity index (χ0v) is 13.0. The highest BCUT2D eigenvalue weighted by Crippen LogP contribution is 2.20. The van der Waals surface area contributed by atoms with Gasteiger partial charge in [-0.2, -0.15) is 0 Å². The summed E-state index contributed by atoms with van der Waals surface area (Å²) in [5, 5.41) is 4.57. The number of pyridine rings is 3. The average Bonchev–Trinajstić information content (AvgIpc) is 2.47. The van der Waals surface area contributed by atoms with Gasteiger partial charge in [-0.25, -0.2) is 9.97 Å². The second kappa shape index (κ2) is 5.77. The number of aromatic nitrogens is 3. The van der Waals surface area contributed by atoms with Crippen molar-refractivity contribution in [1.29, 1.82) is 0 Å². The number of nitrogens with one attached hydrogen (secondary N) is 2. The SMILES string of the molecule is Cc1cccc(N[C@@H](C)c2cc3cc(Cl)cnc3[nH]c2=O)n1. The number of anilines is 1. The highest BCUT2D eigenvalue weighted by atomic mass is 35.5. The minimum atomic E-state index is -0.193. The Hall–Kier alpha value is -2.40. The minimum absolute atomic E-state index is 0.171. The largest absolute Gasteiger partial charge is 0.363 e. The van der Waals surface area contributed by atoms with E-state index in [1.54, 1.807) is 12.1 Å². The zero-order chi connectivity index (χ0) is 15.7. The number of hydrogen-bond donors (Lipinski definition) is 2. The third-order valence-corrected chi connectivity index (χ3v) is 3.61. The highest BCUT2D eigenvalue weighted by Gasteiger charge is 2.12. The quantitative estimate of drug-likeness (QED) is 0.776. The summed E-state index contributed by atoms with van der Waals surface area (Å²) in [6.07, 6.45) is 1.51. The molecule has 0 aliphatic carbocycles. The van der Waals surface area contributed by atoms with Crippen molar-refractivity contribution >= 4 is 28.5 Å². The molecule has 0 aliphatic rings. The van der Waals surface area contributed by atoms with Crippen LogP contribution in [0.2, 0.25) is 5.02 Å². The summed E-state index contributed by atoms with van der Waals surface area (Å²) in [7, 11) is 0. The Morgan fingerprint density at radius 2 is 2.14 bits per heavy atom. The molecule has 3 aromatic rings. The molecule has 3 rings (SSSR count). The molecule has 0 aliphatic heterocycles. The first-order valence-corrected chi connectivity index (χ1v) is 7.29. The standard InChI is InChI=1S/C16H15ClN4O/c1-9-4-3-5-14(19-9)20-10(2)13-7-11-6-12(17)8-18-15(11)21-16(13)22/h3-8,10H,1-2H3,(H,19,20)(H,18,21,22)/t10-/m0/s1. The first-order chi connectivity index (χ1) is 10.5. The molecule has 0 unspecified atom stereocenters. The van der Waals surface area contributed by atoms with Crippen LogP contribution in [0.3, 0.4) is 0 Å². The maximum atomic E-state index is 12.2. The van der Waals surface area contributed by atoms with Gasteiger partial charge in [-0.3, -0.25) is 4.79 Å². The van der Waals surface area contributed by atoms with Crippen LogP contribution in [0.4, 0.5) is 5.82 Å². The lowest BCUT2D eigenvalue weighted by atomic mass is 10.1. The van der Waals surface area contributed by atoms with Gasteiger partial charge in [-0.1, -0.05) is 17.7 Å². The summed E-state index contributed by atoms with van der Waals surface area (Å²) in [5.74, 6) is 0.733. The van der Waals surface area contributed by atoms with E-state index in [9.17, 15) is 4.79 Å². The Labute approximate surface area is 132 Å². The lowest BCUT2D eigenvalue weighted by molar-refractivity contribution is 0.854. The number of hydrogen-bond acceptors (Lipinski definition) is 4. The number of rotatable bonds is 3. The molecule has 22 heavy (non-hydrogen) atoms. The predicted molar refractivity (Wildman–Crippen MR) is 88.4 cm³/mol. The van der Waals surface area contributed by atoms with Crippen LogP contribution in [-0.4, -0.2) is 15.0 Å². The van der Waals surface area contributed by atoms with E-state index in [-0.39, 0.29) is 11.6 Å². The summed E-state index contributed by atoms with van der Waals surface area (Å²) < 4.78 is 0. The van der Waals surface area contributed by atoms with Gasteiger partial charge in [0.1, 0.15) is 11.5 Å². The van der Waals surface area contributed by atoms with Crippen molar-refractivity contribution in [2.24, 2.45) is 0 Å². The van der Waals surface area contributed by atoms with Gasteiger partial charge >= 0.3 is 0 Å². The molecule has 0 fully saturated rings. The lowest BCUT2D eigenvalue weighted by Crippen LogP contribution is -2.20. The zero-order valence-electron chi connectivity index (χ0n) is 12.2. The van der Waals surface area contributed by atoms with Crippen LogP contribution in [0.25, 0.3) is 11.0 Å². The average molecular weight is 315 g/mol. The first kappa shape index (κ1) is 14.5. The van der Waals surface area contributed by atoms with E-state index >= 15 is 0 Å². The van der Waals surface area contributed by atoms with Crippen LogP contribution >= 0.6 is 11.6 Å². The summed E-state index contributed by atoms with van der Waals surface area (Å²) >= 11 is 5.96. The van der Waals surface area contributed by atoms with Crippen molar-refractivity contribution in [3.63, 3.8) is 0 Å². The van der Waals surface area contributed by atoms with Crippen molar-refractivity contribution in [2.75, 3.05) is 5.32 Å². The molecule has 6 heteroatoms. The van der Waals surface area contributed by atoms with E-state index in [2.05, 4.69) is 20.3 Å². The van der Waals surface area contributed by atoms with Gasteiger partial charge in [0, 0.05) is 22.8 Å². The molecule has 5 nitrogen and oxygen atoms in total. The van der Waals surface area contributed by atoms with E-state index in [4.69, 9.17) is 11.6 Å². The fourth-order valence-electron chi connectivity index (χ4n) is 2.33. The molecule has 0 aromatic carbocycles. The number of H-pyrrole nitrogens is 1. The number of aromatic amines is 1. The van der Waals surface area contributed by atoms with E-state index in [0.717, 1.165) is 16.9 Å². The van der Waals surface area contributed by atoms with Crippen LogP contribution < -0.4 is 10.9 Å². The van der Waals surface area contributed by atoms with Gasteiger partial charge in [0.2, 0.25) is 0 Å². The second-order valence-corrected chi connectivity index (χ2v) is 5.61. The fraction of sp³-hybridized carbons (Fsp3) is 0.188. The smallest absolute Gasteiger partial charge is 0.254 e. The van der Waals surface area contributed by atoms with Crippen molar-refractivity contribution in [1.82, 2.24) is 15.0 Å². The second-order valence-electron chi connectivity index (χ2n) is 5.18. The van der Waals surface area contributed by atoms with Crippen LogP contribution in [0, 0.1) is 6.92 Å². The molecule has 3 aromatic heterocycles. The highest BCUT2D eigenvalue weighted by molar-refractivity contribution is 6.31. The molecule has 0 spiro atoms. The lowest BCUT2D eigenvalue weighted by Gasteiger charge is -2.15. The number of fused-ring (bicyclic) bond motifs is 1. The van der Waals surface area contributed by atoms with E-state index in [0.29, 0.717) is 16.2 Å². The van der Waals surface area contributed by atoms with Crippen molar-refractivity contribution < 1.29 is 0 Å². The Morgan fingerprint density at radius 1 is 1.32 bits per heavy atom. The number of halogens is 1. The molecule has 0 saturated heterocycles. The van der Waals surface area contributed by atoms with Gasteiger partial charge in [-0.15, -0.1) is 0 Å². The van der Waals surface area contributed by atoms with E-state index < -0.39 is 0 Å². The van der Waals surface area contributed by atoms with E-state index in [1.807, 2.05) is 32.0 Å². The van der Waals surface area contributed by atoms with Crippen LogP contribution in [0.1, 0.15) is 24.2 Å². The maximum Gasteiger partial charge on any atom is 0.254 e. The summed E-state index contributed by atoms with van der Waals surface area (Å²) in [4.78, 5) is 23.5. The number of nitrogens with zero attached hydrogens (tertiary/aromatic N) is 2. The third-order valence-electron chi connectivity index (χ3n) is 3.41. The Balaban J connectivity index is 1.98. The van der Waals surface area contributed by atoms with Gasteiger partial charge in [0.15, 0.2) is 0 Å². The van der Waals surface area contributed by atoms with Gasteiger partial charge in [0.05, 0.1) is 11.1 Å². The topological polar surface area (TPSA) is 70.7 Å². The Morgan fingerprint density at radius 3 is 2.91 bits per heavy atom. The summed E-state index contributed by atoms with van der Waals surface area (Å²) in [6, 6.07) is 9.11. The number of aryl methyl sites for hydroxylation is 1. The summed E-state index contributed by atoms with van der Waals surface area (Å²) in [5.41, 5.74) is 1.88. The Bertz CT molecular complexity index is 891. The molecular formula is C16H15ClN4O. The summed E-state index contributed by atoms with van der Waals surface area (Å²) in [6.45, 7) is 3.84. The third kappa shape index (κ3) is 2.94. The molecule has 0 amide bonds. The maximum absolute atomic E-state index is 12.2. The molecule has 2 N–H and O–H groups in total. The van der Waals surface area contributed by atoms with Crippen LogP contribution in [0.5, 0.6) is 0 Å². The molecule has 0 saturated carbocycles. The molecule has 0 radical (unpaired) electrons. The monoisotopic (exact) mass is 314 g/mol. The predicted octanol–water partition coefficient (Wildman–Crippen LogP) is 3.45. The van der Waals surface area contributed by atoms with Crippen molar-refractivity contribution in [2.45, 2.75) is 19.9 Å². The van der Waals surface area contributed by atoms with Crippen LogP contribution in [0.15, 0.2) is 41.3 Å². The van der Waals surface area contributed by atoms with E-state index in [1.165, 1.54) is 6.20 Å². The Kier molecular flexibility index (Phi) is 3.81. The van der Waals surface area contributed by atoms with Gasteiger partial charge < -0.3 is 10.3 Å². The van der Waals surface area contributed by atoms with Gasteiger partial charge in [-0.05, 0) is 38.1 Å². The molecule has 1 atom stereocenters. The van der Waals surface area contributed by atoms with Crippen molar-refractivity contribution in [3.05, 3.63) is 63.2 Å². The molecule has 112 valence electrons. The van der Waals surface area contributed by atoms with Gasteiger partial charge in [0.25, 0.3) is 5.56 Å². The first-order valence-electron chi connectivity index (χ1n) is 6.91. The minimum Gasteiger partial charge on any atom is -0.363 e.